The molecule has 2 rings (SSSR count). The van der Waals surface area contributed by atoms with E-state index < -0.39 is 0 Å². The number of carbonyl (C=O) groups excluding carboxylic acids is 1. The van der Waals surface area contributed by atoms with E-state index in [-0.39, 0.29) is 12.5 Å². The number of hydrogen-bond acceptors (Lipinski definition) is 3. The van der Waals surface area contributed by atoms with E-state index in [4.69, 9.17) is 4.74 Å². The van der Waals surface area contributed by atoms with Gasteiger partial charge in [0.25, 0.3) is 5.91 Å². The number of carbonyl (C=O) groups is 1. The van der Waals surface area contributed by atoms with Gasteiger partial charge in [0.15, 0.2) is 6.61 Å². The van der Waals surface area contributed by atoms with Crippen LogP contribution in [0.15, 0.2) is 47.1 Å². The maximum atomic E-state index is 12.2. The monoisotopic (exact) mass is 354 g/mol. The molecule has 0 fully saturated rings. The molecule has 1 atom stereocenters. The Hall–Kier alpha value is -2.36. The minimum absolute atomic E-state index is 0.0490. The lowest BCUT2D eigenvalue weighted by Gasteiger charge is -2.22. The molecule has 0 unspecified atom stereocenters. The summed E-state index contributed by atoms with van der Waals surface area (Å²) in [7, 11) is 0. The van der Waals surface area contributed by atoms with Gasteiger partial charge in [-0.2, -0.15) is 5.10 Å². The second-order valence-electron chi connectivity index (χ2n) is 7.45. The molecule has 1 aliphatic rings. The van der Waals surface area contributed by atoms with Gasteiger partial charge in [0.05, 0.1) is 5.71 Å². The summed E-state index contributed by atoms with van der Waals surface area (Å²) in [4.78, 5) is 12.2. The van der Waals surface area contributed by atoms with Gasteiger partial charge in [-0.3, -0.25) is 4.79 Å². The third kappa shape index (κ3) is 5.32. The largest absolute Gasteiger partial charge is 0.483 e. The highest BCUT2D eigenvalue weighted by Crippen LogP contribution is 2.28. The number of nitrogens with zero attached hydrogens (tertiary/aromatic N) is 1. The summed E-state index contributed by atoms with van der Waals surface area (Å²) in [6.45, 7) is 14.3. The molecule has 0 saturated carbocycles. The van der Waals surface area contributed by atoms with Crippen LogP contribution in [0, 0.1) is 12.8 Å². The first-order valence-electron chi connectivity index (χ1n) is 9.19. The van der Waals surface area contributed by atoms with E-state index in [2.05, 4.69) is 49.2 Å². The van der Waals surface area contributed by atoms with Crippen molar-refractivity contribution in [2.75, 3.05) is 6.61 Å². The highest BCUT2D eigenvalue weighted by molar-refractivity contribution is 6.01. The van der Waals surface area contributed by atoms with Gasteiger partial charge >= 0.3 is 0 Å². The van der Waals surface area contributed by atoms with E-state index >= 15 is 0 Å². The molecule has 0 aliphatic heterocycles. The number of ether oxygens (including phenoxy) is 1. The van der Waals surface area contributed by atoms with E-state index in [1.54, 1.807) is 0 Å². The predicted octanol–water partition coefficient (Wildman–Crippen LogP) is 4.90. The van der Waals surface area contributed by atoms with Crippen LogP contribution < -0.4 is 10.2 Å². The first-order chi connectivity index (χ1) is 12.3. The average molecular weight is 354 g/mol. The standard InChI is InChI=1S/C22H30N2O2/c1-14(2)18-9-8-17(6)20(12-18)23-24-22(25)13-26-21-11-16(5)7-10-19(21)15(3)4/h7-8,10-11,15,18H,1,9,12-13H2,2-6H3,(H,24,25)/b23-20-/t18-/m1/s1. The van der Waals surface area contributed by atoms with Crippen molar-refractivity contribution in [2.45, 2.75) is 53.4 Å². The minimum atomic E-state index is -0.251. The summed E-state index contributed by atoms with van der Waals surface area (Å²) in [5, 5.41) is 4.31. The summed E-state index contributed by atoms with van der Waals surface area (Å²) in [5.41, 5.74) is 8.02. The molecule has 26 heavy (non-hydrogen) atoms. The summed E-state index contributed by atoms with van der Waals surface area (Å²) in [6.07, 6.45) is 3.96. The summed E-state index contributed by atoms with van der Waals surface area (Å²) >= 11 is 0. The highest BCUT2D eigenvalue weighted by Gasteiger charge is 2.19. The Morgan fingerprint density at radius 2 is 2.12 bits per heavy atom. The second-order valence-corrected chi connectivity index (χ2v) is 7.45. The number of allylic oxidation sites excluding steroid dienone is 3. The Balaban J connectivity index is 1.97. The molecule has 0 aromatic heterocycles. The zero-order valence-electron chi connectivity index (χ0n) is 16.6. The number of aryl methyl sites for hydroxylation is 1. The lowest BCUT2D eigenvalue weighted by atomic mass is 9.85. The Labute approximate surface area is 157 Å². The molecule has 1 aromatic carbocycles. The third-order valence-corrected chi connectivity index (χ3v) is 4.77. The Kier molecular flexibility index (Phi) is 6.78. The van der Waals surface area contributed by atoms with Crippen LogP contribution in [0.2, 0.25) is 0 Å². The van der Waals surface area contributed by atoms with Crippen LogP contribution in [-0.2, 0) is 4.79 Å². The van der Waals surface area contributed by atoms with Gasteiger partial charge < -0.3 is 4.74 Å². The molecule has 0 heterocycles. The van der Waals surface area contributed by atoms with Crippen LogP contribution in [0.5, 0.6) is 5.75 Å². The number of hydrogen-bond donors (Lipinski definition) is 1. The lowest BCUT2D eigenvalue weighted by molar-refractivity contribution is -0.123. The number of nitrogens with one attached hydrogen (secondary N) is 1. The fourth-order valence-electron chi connectivity index (χ4n) is 2.97. The molecule has 140 valence electrons. The molecule has 1 aromatic rings. The van der Waals surface area contributed by atoms with Gasteiger partial charge in [-0.1, -0.05) is 44.2 Å². The fraction of sp³-hybridized carbons (Fsp3) is 0.455. The van der Waals surface area contributed by atoms with Crippen molar-refractivity contribution in [3.05, 3.63) is 53.1 Å². The summed E-state index contributed by atoms with van der Waals surface area (Å²) in [5.74, 6) is 1.24. The Morgan fingerprint density at radius 3 is 2.77 bits per heavy atom. The fourth-order valence-corrected chi connectivity index (χ4v) is 2.97. The molecule has 0 radical (unpaired) electrons. The van der Waals surface area contributed by atoms with Gasteiger partial charge in [0.1, 0.15) is 5.75 Å². The van der Waals surface area contributed by atoms with Gasteiger partial charge in [0, 0.05) is 0 Å². The average Bonchev–Trinajstić information content (AvgIpc) is 2.58. The van der Waals surface area contributed by atoms with Crippen molar-refractivity contribution < 1.29 is 9.53 Å². The summed E-state index contributed by atoms with van der Waals surface area (Å²) in [6, 6.07) is 6.09. The zero-order valence-corrected chi connectivity index (χ0v) is 16.6. The number of hydrazone groups is 1. The molecule has 0 bridgehead atoms. The highest BCUT2D eigenvalue weighted by atomic mass is 16.5. The maximum absolute atomic E-state index is 12.2. The van der Waals surface area contributed by atoms with E-state index in [0.29, 0.717) is 11.8 Å². The molecule has 4 heteroatoms. The van der Waals surface area contributed by atoms with Crippen molar-refractivity contribution in [1.82, 2.24) is 5.43 Å². The van der Waals surface area contributed by atoms with Crippen molar-refractivity contribution in [3.63, 3.8) is 0 Å². The SMILES string of the molecule is C=C(C)[C@@H]1CC=C(C)/C(=N\NC(=O)COc2cc(C)ccc2C(C)C)C1. The molecule has 1 aliphatic carbocycles. The molecule has 0 spiro atoms. The van der Waals surface area contributed by atoms with Crippen LogP contribution in [-0.4, -0.2) is 18.2 Å². The lowest BCUT2D eigenvalue weighted by Crippen LogP contribution is -2.27. The minimum Gasteiger partial charge on any atom is -0.483 e. The first kappa shape index (κ1) is 20.0. The number of rotatable bonds is 6. The zero-order chi connectivity index (χ0) is 19.3. The van der Waals surface area contributed by atoms with E-state index in [1.807, 2.05) is 26.8 Å². The first-order valence-corrected chi connectivity index (χ1v) is 9.19. The molecule has 1 amide bonds. The number of amides is 1. The maximum Gasteiger partial charge on any atom is 0.277 e. The quantitative estimate of drug-likeness (QED) is 0.583. The van der Waals surface area contributed by atoms with Gasteiger partial charge in [-0.05, 0) is 68.2 Å². The molecule has 1 N–H and O–H groups in total. The van der Waals surface area contributed by atoms with Crippen molar-refractivity contribution in [2.24, 2.45) is 11.0 Å². The third-order valence-electron chi connectivity index (χ3n) is 4.77. The van der Waals surface area contributed by atoms with Gasteiger partial charge in [0.2, 0.25) is 0 Å². The van der Waals surface area contributed by atoms with Crippen molar-refractivity contribution >= 4 is 11.6 Å². The Bertz CT molecular complexity index is 745. The smallest absolute Gasteiger partial charge is 0.277 e. The molecular formula is C22H30N2O2. The van der Waals surface area contributed by atoms with Crippen LogP contribution in [0.4, 0.5) is 0 Å². The molecule has 0 saturated heterocycles. The molecular weight excluding hydrogens is 324 g/mol. The van der Waals surface area contributed by atoms with Crippen LogP contribution in [0.25, 0.3) is 0 Å². The van der Waals surface area contributed by atoms with E-state index in [1.165, 1.54) is 0 Å². The van der Waals surface area contributed by atoms with E-state index in [0.717, 1.165) is 46.6 Å². The van der Waals surface area contributed by atoms with Crippen molar-refractivity contribution in [1.29, 1.82) is 0 Å². The van der Waals surface area contributed by atoms with Crippen LogP contribution in [0.3, 0.4) is 0 Å². The number of benzene rings is 1. The predicted molar refractivity (Wildman–Crippen MR) is 108 cm³/mol. The van der Waals surface area contributed by atoms with E-state index in [9.17, 15) is 4.79 Å². The van der Waals surface area contributed by atoms with Gasteiger partial charge in [-0.25, -0.2) is 5.43 Å². The van der Waals surface area contributed by atoms with Crippen LogP contribution >= 0.6 is 0 Å². The second kappa shape index (κ2) is 8.84. The summed E-state index contributed by atoms with van der Waals surface area (Å²) < 4.78 is 5.76. The van der Waals surface area contributed by atoms with Crippen LogP contribution in [0.1, 0.15) is 57.6 Å². The normalized spacial score (nSPS) is 18.6. The molecule has 4 nitrogen and oxygen atoms in total. The van der Waals surface area contributed by atoms with Crippen molar-refractivity contribution in [3.8, 4) is 5.75 Å². The Morgan fingerprint density at radius 1 is 1.38 bits per heavy atom. The topological polar surface area (TPSA) is 50.7 Å². The van der Waals surface area contributed by atoms with Gasteiger partial charge in [-0.15, -0.1) is 0 Å².